The summed E-state index contributed by atoms with van der Waals surface area (Å²) < 4.78 is 0. The normalized spacial score (nSPS) is 11.4. The summed E-state index contributed by atoms with van der Waals surface area (Å²) in [5, 5.41) is 4.75. The molecule has 0 fully saturated rings. The van der Waals surface area contributed by atoms with Gasteiger partial charge in [0.05, 0.1) is 0 Å². The molecule has 31 heavy (non-hydrogen) atoms. The van der Waals surface area contributed by atoms with E-state index in [4.69, 9.17) is 0 Å². The Hall–Kier alpha value is 0.400. The maximum absolute atomic E-state index is 2.38. The summed E-state index contributed by atoms with van der Waals surface area (Å²) in [6.07, 6.45) is 28.7. The van der Waals surface area contributed by atoms with Gasteiger partial charge < -0.3 is 0 Å². The lowest BCUT2D eigenvalue weighted by Crippen LogP contribution is -1.85. The zero-order valence-electron chi connectivity index (χ0n) is 20.9. The second kappa shape index (κ2) is 23.6. The van der Waals surface area contributed by atoms with Crippen molar-refractivity contribution in [3.05, 3.63) is 10.8 Å². The zero-order valence-corrected chi connectivity index (χ0v) is 23.4. The Morgan fingerprint density at radius 2 is 0.742 bits per heavy atom. The van der Waals surface area contributed by atoms with Crippen LogP contribution in [0.15, 0.2) is 20.6 Å². The largest absolute Gasteiger partial charge is 0.150 e. The van der Waals surface area contributed by atoms with Gasteiger partial charge in [-0.2, -0.15) is 11.3 Å². The van der Waals surface area contributed by atoms with Crippen molar-refractivity contribution < 1.29 is 0 Å². The Labute approximate surface area is 208 Å². The summed E-state index contributed by atoms with van der Waals surface area (Å²) in [6, 6.07) is 0. The monoisotopic (exact) mass is 484 g/mol. The van der Waals surface area contributed by atoms with Crippen LogP contribution in [0.3, 0.4) is 0 Å². The van der Waals surface area contributed by atoms with Crippen LogP contribution in [0.2, 0.25) is 0 Å². The molecule has 0 spiro atoms. The molecule has 1 rings (SSSR count). The lowest BCUT2D eigenvalue weighted by molar-refractivity contribution is 0.563. The highest BCUT2D eigenvalue weighted by Gasteiger charge is 2.05. The molecule has 0 aliphatic carbocycles. The molecule has 0 aromatic carbocycles. The molecular weight excluding hydrogens is 433 g/mol. The van der Waals surface area contributed by atoms with E-state index in [0.717, 1.165) is 0 Å². The molecule has 0 bridgehead atoms. The van der Waals surface area contributed by atoms with Gasteiger partial charge in [0.15, 0.2) is 0 Å². The third kappa shape index (κ3) is 18.5. The van der Waals surface area contributed by atoms with Gasteiger partial charge in [-0.3, -0.25) is 0 Å². The predicted molar refractivity (Wildman–Crippen MR) is 149 cm³/mol. The molecule has 1 heterocycles. The van der Waals surface area contributed by atoms with Gasteiger partial charge in [0.1, 0.15) is 0 Å². The third-order valence-electron chi connectivity index (χ3n) is 6.10. The van der Waals surface area contributed by atoms with E-state index >= 15 is 0 Å². The van der Waals surface area contributed by atoms with E-state index < -0.39 is 0 Å². The van der Waals surface area contributed by atoms with Gasteiger partial charge in [-0.05, 0) is 24.3 Å². The molecule has 0 amide bonds. The molecule has 0 saturated carbocycles. The van der Waals surface area contributed by atoms with E-state index in [2.05, 4.69) is 48.1 Å². The van der Waals surface area contributed by atoms with Gasteiger partial charge in [-0.15, -0.1) is 23.5 Å². The summed E-state index contributed by atoms with van der Waals surface area (Å²) in [7, 11) is 0. The first kappa shape index (κ1) is 29.4. The van der Waals surface area contributed by atoms with Gasteiger partial charge in [0.2, 0.25) is 0 Å². The molecular formula is C28H52S3. The molecule has 0 aliphatic heterocycles. The van der Waals surface area contributed by atoms with Crippen molar-refractivity contribution in [1.29, 1.82) is 0 Å². The van der Waals surface area contributed by atoms with Crippen molar-refractivity contribution in [3.8, 4) is 0 Å². The molecule has 0 atom stereocenters. The molecule has 0 unspecified atom stereocenters. The van der Waals surface area contributed by atoms with Crippen molar-refractivity contribution in [1.82, 2.24) is 0 Å². The molecule has 0 saturated heterocycles. The van der Waals surface area contributed by atoms with E-state index in [9.17, 15) is 0 Å². The van der Waals surface area contributed by atoms with Crippen LogP contribution in [-0.2, 0) is 0 Å². The second-order valence-corrected chi connectivity index (χ2v) is 12.2. The average molecular weight is 485 g/mol. The number of hydrogen-bond donors (Lipinski definition) is 0. The lowest BCUT2D eigenvalue weighted by Gasteiger charge is -2.05. The molecule has 3 heteroatoms. The van der Waals surface area contributed by atoms with E-state index in [1.165, 1.54) is 140 Å². The molecule has 0 N–H and O–H groups in total. The zero-order chi connectivity index (χ0) is 22.2. The van der Waals surface area contributed by atoms with Crippen molar-refractivity contribution in [2.75, 3.05) is 11.5 Å². The molecule has 1 aromatic heterocycles. The Morgan fingerprint density at radius 1 is 0.452 bits per heavy atom. The summed E-state index contributed by atoms with van der Waals surface area (Å²) in [4.78, 5) is 3.11. The van der Waals surface area contributed by atoms with Gasteiger partial charge in [-0.25, -0.2) is 0 Å². The number of unbranched alkanes of at least 4 members (excludes halogenated alkanes) is 18. The summed E-state index contributed by atoms with van der Waals surface area (Å²) in [6.45, 7) is 4.60. The lowest BCUT2D eigenvalue weighted by atomic mass is 10.1. The van der Waals surface area contributed by atoms with Crippen LogP contribution < -0.4 is 0 Å². The maximum atomic E-state index is 2.38. The highest BCUT2D eigenvalue weighted by atomic mass is 32.2. The molecule has 0 aliphatic rings. The van der Waals surface area contributed by atoms with Crippen LogP contribution in [-0.4, -0.2) is 11.5 Å². The van der Waals surface area contributed by atoms with Crippen LogP contribution in [0.4, 0.5) is 0 Å². The van der Waals surface area contributed by atoms with E-state index in [-0.39, 0.29) is 0 Å². The number of hydrogen-bond acceptors (Lipinski definition) is 3. The first-order chi connectivity index (χ1) is 15.4. The average Bonchev–Trinajstić information content (AvgIpc) is 3.23. The number of thioether (sulfide) groups is 2. The van der Waals surface area contributed by atoms with Gasteiger partial charge in [-0.1, -0.05) is 129 Å². The van der Waals surface area contributed by atoms with E-state index in [1.807, 2.05) is 11.3 Å². The van der Waals surface area contributed by atoms with E-state index in [1.54, 1.807) is 9.79 Å². The summed E-state index contributed by atoms with van der Waals surface area (Å²) in [5.41, 5.74) is 0. The quantitative estimate of drug-likeness (QED) is 0.106. The van der Waals surface area contributed by atoms with Gasteiger partial charge in [0, 0.05) is 20.6 Å². The Balaban J connectivity index is 1.91. The van der Waals surface area contributed by atoms with E-state index in [0.29, 0.717) is 0 Å². The van der Waals surface area contributed by atoms with Crippen LogP contribution in [0.25, 0.3) is 0 Å². The topological polar surface area (TPSA) is 0 Å². The molecule has 0 radical (unpaired) electrons. The van der Waals surface area contributed by atoms with Crippen LogP contribution >= 0.6 is 34.9 Å². The third-order valence-corrected chi connectivity index (χ3v) is 9.56. The molecule has 182 valence electrons. The van der Waals surface area contributed by atoms with Crippen molar-refractivity contribution in [2.45, 2.75) is 152 Å². The predicted octanol–water partition coefficient (Wildman–Crippen LogP) is 11.8. The smallest absolute Gasteiger partial charge is 0.0315 e. The standard InChI is InChI=1S/C28H52S3/c1-3-5-7-9-11-13-15-17-19-21-23-30-27-25-29-26-28(27)31-24-22-20-18-16-14-12-10-8-6-4-2/h25-26H,3-24H2,1-2H3. The number of rotatable bonds is 24. The minimum Gasteiger partial charge on any atom is -0.150 e. The molecule has 1 aromatic rings. The van der Waals surface area contributed by atoms with Crippen LogP contribution in [0.5, 0.6) is 0 Å². The fraction of sp³-hybridized carbons (Fsp3) is 0.857. The van der Waals surface area contributed by atoms with Crippen LogP contribution in [0, 0.1) is 0 Å². The second-order valence-electron chi connectivity index (χ2n) is 9.16. The summed E-state index contributed by atoms with van der Waals surface area (Å²) in [5.74, 6) is 2.61. The molecule has 0 nitrogen and oxygen atoms in total. The maximum Gasteiger partial charge on any atom is 0.0315 e. The highest BCUT2D eigenvalue weighted by Crippen LogP contribution is 2.35. The summed E-state index contributed by atoms with van der Waals surface area (Å²) >= 11 is 6.10. The highest BCUT2D eigenvalue weighted by molar-refractivity contribution is 8.02. The first-order valence-electron chi connectivity index (χ1n) is 13.7. The van der Waals surface area contributed by atoms with Crippen molar-refractivity contribution in [2.24, 2.45) is 0 Å². The van der Waals surface area contributed by atoms with Gasteiger partial charge >= 0.3 is 0 Å². The Bertz CT molecular complexity index is 428. The Morgan fingerprint density at radius 3 is 1.06 bits per heavy atom. The SMILES string of the molecule is CCCCCCCCCCCCSc1cscc1SCCCCCCCCCCCC. The Kier molecular flexibility index (Phi) is 22.4. The fourth-order valence-corrected chi connectivity index (χ4v) is 7.52. The van der Waals surface area contributed by atoms with Crippen LogP contribution in [0.1, 0.15) is 142 Å². The first-order valence-corrected chi connectivity index (χ1v) is 16.6. The van der Waals surface area contributed by atoms with Crippen molar-refractivity contribution in [3.63, 3.8) is 0 Å². The van der Waals surface area contributed by atoms with Gasteiger partial charge in [0.25, 0.3) is 0 Å². The number of thiophene rings is 1. The fourth-order valence-electron chi connectivity index (χ4n) is 4.03. The minimum atomic E-state index is 1.30. The minimum absolute atomic E-state index is 1.30. The van der Waals surface area contributed by atoms with Crippen molar-refractivity contribution >= 4 is 34.9 Å².